The number of nitrogens with one attached hydrogen (secondary N) is 1. The van der Waals surface area contributed by atoms with Crippen LogP contribution in [0.5, 0.6) is 5.75 Å². The highest BCUT2D eigenvalue weighted by molar-refractivity contribution is 5.94. The van der Waals surface area contributed by atoms with Gasteiger partial charge in [-0.05, 0) is 36.8 Å². The van der Waals surface area contributed by atoms with Crippen LogP contribution in [0.3, 0.4) is 0 Å². The van der Waals surface area contributed by atoms with Crippen LogP contribution in [0, 0.1) is 6.92 Å². The maximum Gasteiger partial charge on any atom is 0.410 e. The number of hydrogen-bond acceptors (Lipinski definition) is 5. The number of aromatic hydroxyl groups is 1. The van der Waals surface area contributed by atoms with Crippen LogP contribution in [0.25, 0.3) is 0 Å². The van der Waals surface area contributed by atoms with E-state index < -0.39 is 6.09 Å². The van der Waals surface area contributed by atoms with E-state index in [1.165, 1.54) is 12.1 Å². The Hall–Kier alpha value is -3.06. The van der Waals surface area contributed by atoms with Crippen LogP contribution in [-0.4, -0.2) is 54.4 Å². The maximum atomic E-state index is 12.3. The molecule has 148 valence electrons. The molecule has 1 aliphatic heterocycles. The molecule has 1 atom stereocenters. The molecular formula is C21H24N2O5. The van der Waals surface area contributed by atoms with E-state index in [-0.39, 0.29) is 30.9 Å². The zero-order valence-electron chi connectivity index (χ0n) is 15.8. The highest BCUT2D eigenvalue weighted by atomic mass is 16.6. The van der Waals surface area contributed by atoms with Gasteiger partial charge < -0.3 is 24.8 Å². The molecule has 1 heterocycles. The molecule has 1 saturated heterocycles. The number of benzene rings is 2. The topological polar surface area (TPSA) is 88.1 Å². The van der Waals surface area contributed by atoms with Crippen LogP contribution < -0.4 is 5.32 Å². The molecule has 0 saturated carbocycles. The molecule has 1 unspecified atom stereocenters. The molecule has 3 rings (SSSR count). The number of carbonyl (C=O) groups is 2. The van der Waals surface area contributed by atoms with Crippen molar-refractivity contribution in [1.29, 1.82) is 0 Å². The predicted octanol–water partition coefficient (Wildman–Crippen LogP) is 2.47. The SMILES string of the molecule is Cc1ccc(COC(=O)N2CCOC(CNC(=O)c3ccc(O)cc3)C2)cc1. The molecule has 0 radical (unpaired) electrons. The Balaban J connectivity index is 1.45. The van der Waals surface area contributed by atoms with Gasteiger partial charge in [0.2, 0.25) is 0 Å². The van der Waals surface area contributed by atoms with Crippen molar-refractivity contribution in [2.75, 3.05) is 26.2 Å². The standard InChI is InChI=1S/C21H24N2O5/c1-15-2-4-16(5-3-15)14-28-21(26)23-10-11-27-19(13-23)12-22-20(25)17-6-8-18(24)9-7-17/h2-9,19,24H,10-14H2,1H3,(H,22,25). The van der Waals surface area contributed by atoms with Gasteiger partial charge in [-0.1, -0.05) is 29.8 Å². The average molecular weight is 384 g/mol. The summed E-state index contributed by atoms with van der Waals surface area (Å²) < 4.78 is 11.0. The Labute approximate surface area is 163 Å². The molecule has 0 spiro atoms. The van der Waals surface area contributed by atoms with Gasteiger partial charge >= 0.3 is 6.09 Å². The molecule has 0 aliphatic carbocycles. The molecule has 7 heteroatoms. The number of rotatable bonds is 5. The third kappa shape index (κ3) is 5.47. The molecule has 1 fully saturated rings. The normalized spacial score (nSPS) is 16.5. The first-order valence-electron chi connectivity index (χ1n) is 9.17. The van der Waals surface area contributed by atoms with Crippen molar-refractivity contribution in [2.24, 2.45) is 0 Å². The molecule has 2 aromatic rings. The van der Waals surface area contributed by atoms with Gasteiger partial charge in [-0.3, -0.25) is 4.79 Å². The van der Waals surface area contributed by atoms with E-state index in [1.807, 2.05) is 31.2 Å². The van der Waals surface area contributed by atoms with Crippen molar-refractivity contribution in [3.8, 4) is 5.75 Å². The summed E-state index contributed by atoms with van der Waals surface area (Å²) in [5.74, 6) is -0.158. The molecule has 7 nitrogen and oxygen atoms in total. The fourth-order valence-corrected chi connectivity index (χ4v) is 2.85. The second-order valence-corrected chi connectivity index (χ2v) is 6.74. The zero-order valence-corrected chi connectivity index (χ0v) is 15.8. The fourth-order valence-electron chi connectivity index (χ4n) is 2.85. The lowest BCUT2D eigenvalue weighted by Gasteiger charge is -2.32. The second kappa shape index (κ2) is 9.23. The lowest BCUT2D eigenvalue weighted by molar-refractivity contribution is -0.0263. The Morgan fingerprint density at radius 3 is 2.61 bits per heavy atom. The van der Waals surface area contributed by atoms with Crippen molar-refractivity contribution < 1.29 is 24.2 Å². The number of nitrogens with zero attached hydrogens (tertiary/aromatic N) is 1. The highest BCUT2D eigenvalue weighted by Crippen LogP contribution is 2.11. The number of phenols is 1. The first-order chi connectivity index (χ1) is 13.5. The lowest BCUT2D eigenvalue weighted by Crippen LogP contribution is -2.49. The van der Waals surface area contributed by atoms with Gasteiger partial charge in [0, 0.05) is 18.7 Å². The van der Waals surface area contributed by atoms with Gasteiger partial charge in [0.25, 0.3) is 5.91 Å². The quantitative estimate of drug-likeness (QED) is 0.827. The molecule has 28 heavy (non-hydrogen) atoms. The smallest absolute Gasteiger partial charge is 0.410 e. The number of morpholine rings is 1. The third-order valence-corrected chi connectivity index (χ3v) is 4.50. The Morgan fingerprint density at radius 2 is 1.89 bits per heavy atom. The summed E-state index contributed by atoms with van der Waals surface area (Å²) in [7, 11) is 0. The largest absolute Gasteiger partial charge is 0.508 e. The zero-order chi connectivity index (χ0) is 19.9. The predicted molar refractivity (Wildman–Crippen MR) is 103 cm³/mol. The number of carbonyl (C=O) groups excluding carboxylic acids is 2. The first-order valence-corrected chi connectivity index (χ1v) is 9.17. The maximum absolute atomic E-state index is 12.3. The summed E-state index contributed by atoms with van der Waals surface area (Å²) >= 11 is 0. The summed E-state index contributed by atoms with van der Waals surface area (Å²) in [6.45, 7) is 3.70. The highest BCUT2D eigenvalue weighted by Gasteiger charge is 2.25. The van der Waals surface area contributed by atoms with Crippen LogP contribution >= 0.6 is 0 Å². The number of amides is 2. The summed E-state index contributed by atoms with van der Waals surface area (Å²) in [6.07, 6.45) is -0.694. The molecule has 2 aromatic carbocycles. The van der Waals surface area contributed by atoms with Crippen LogP contribution in [0.4, 0.5) is 4.79 Å². The van der Waals surface area contributed by atoms with Crippen molar-refractivity contribution in [2.45, 2.75) is 19.6 Å². The molecular weight excluding hydrogens is 360 g/mol. The average Bonchev–Trinajstić information content (AvgIpc) is 2.72. The van der Waals surface area contributed by atoms with Crippen LogP contribution in [0.2, 0.25) is 0 Å². The number of aryl methyl sites for hydroxylation is 1. The Bertz CT molecular complexity index is 805. The van der Waals surface area contributed by atoms with Gasteiger partial charge in [-0.25, -0.2) is 4.79 Å². The first kappa shape index (κ1) is 19.7. The minimum atomic E-state index is -0.390. The van der Waals surface area contributed by atoms with E-state index in [2.05, 4.69) is 5.32 Å². The molecule has 0 bridgehead atoms. The minimum absolute atomic E-state index is 0.104. The summed E-state index contributed by atoms with van der Waals surface area (Å²) in [5, 5.41) is 12.1. The van der Waals surface area contributed by atoms with Gasteiger partial charge in [-0.2, -0.15) is 0 Å². The van der Waals surface area contributed by atoms with E-state index in [0.717, 1.165) is 11.1 Å². The summed E-state index contributed by atoms with van der Waals surface area (Å²) in [6, 6.07) is 13.8. The van der Waals surface area contributed by atoms with Crippen LogP contribution in [-0.2, 0) is 16.1 Å². The number of hydrogen-bond donors (Lipinski definition) is 2. The van der Waals surface area contributed by atoms with Crippen molar-refractivity contribution in [1.82, 2.24) is 10.2 Å². The van der Waals surface area contributed by atoms with Crippen molar-refractivity contribution in [3.63, 3.8) is 0 Å². The molecule has 0 aromatic heterocycles. The molecule has 2 amide bonds. The van der Waals surface area contributed by atoms with E-state index in [4.69, 9.17) is 9.47 Å². The second-order valence-electron chi connectivity index (χ2n) is 6.74. The Kier molecular flexibility index (Phi) is 6.49. The lowest BCUT2D eigenvalue weighted by atomic mass is 10.2. The number of phenolic OH excluding ortho intramolecular Hbond substituents is 1. The van der Waals surface area contributed by atoms with Gasteiger partial charge in [0.05, 0.1) is 19.3 Å². The minimum Gasteiger partial charge on any atom is -0.508 e. The van der Waals surface area contributed by atoms with Crippen LogP contribution in [0.1, 0.15) is 21.5 Å². The van der Waals surface area contributed by atoms with Crippen molar-refractivity contribution in [3.05, 3.63) is 65.2 Å². The van der Waals surface area contributed by atoms with Gasteiger partial charge in [0.15, 0.2) is 0 Å². The van der Waals surface area contributed by atoms with E-state index >= 15 is 0 Å². The van der Waals surface area contributed by atoms with Crippen molar-refractivity contribution >= 4 is 12.0 Å². The monoisotopic (exact) mass is 384 g/mol. The fraction of sp³-hybridized carbons (Fsp3) is 0.333. The van der Waals surface area contributed by atoms with E-state index in [1.54, 1.807) is 17.0 Å². The number of ether oxygens (including phenoxy) is 2. The third-order valence-electron chi connectivity index (χ3n) is 4.50. The molecule has 1 aliphatic rings. The van der Waals surface area contributed by atoms with Gasteiger partial charge in [0.1, 0.15) is 12.4 Å². The Morgan fingerprint density at radius 1 is 1.18 bits per heavy atom. The van der Waals surface area contributed by atoms with Gasteiger partial charge in [-0.15, -0.1) is 0 Å². The summed E-state index contributed by atoms with van der Waals surface area (Å²) in [4.78, 5) is 26.0. The molecule has 2 N–H and O–H groups in total. The van der Waals surface area contributed by atoms with E-state index in [9.17, 15) is 14.7 Å². The van der Waals surface area contributed by atoms with E-state index in [0.29, 0.717) is 25.3 Å². The summed E-state index contributed by atoms with van der Waals surface area (Å²) in [5.41, 5.74) is 2.54. The van der Waals surface area contributed by atoms with Crippen LogP contribution in [0.15, 0.2) is 48.5 Å².